The molecular weight excluding hydrogens is 358 g/mol. The Morgan fingerprint density at radius 2 is 2.21 bits per heavy atom. The predicted octanol–water partition coefficient (Wildman–Crippen LogP) is 1.54. The average Bonchev–Trinajstić information content (AvgIpc) is 3.13. The maximum Gasteiger partial charge on any atom is 0.245 e. The first-order valence-corrected chi connectivity index (χ1v) is 8.98. The van der Waals surface area contributed by atoms with E-state index in [9.17, 15) is 13.5 Å². The fourth-order valence-electron chi connectivity index (χ4n) is 2.66. The maximum atomic E-state index is 13.0. The number of hydrogen-bond donors (Lipinski definition) is 1. The second-order valence-electron chi connectivity index (χ2n) is 5.46. The summed E-state index contributed by atoms with van der Waals surface area (Å²) in [7, 11) is -2.56. The van der Waals surface area contributed by atoms with E-state index in [1.165, 1.54) is 19.2 Å². The largest absolute Gasteiger partial charge is 0.497 e. The summed E-state index contributed by atoms with van der Waals surface area (Å²) in [5, 5.41) is 13.7. The van der Waals surface area contributed by atoms with Crippen molar-refractivity contribution >= 4 is 21.6 Å². The van der Waals surface area contributed by atoms with Gasteiger partial charge in [-0.25, -0.2) is 8.42 Å². The highest BCUT2D eigenvalue weighted by molar-refractivity contribution is 7.89. The van der Waals surface area contributed by atoms with E-state index in [4.69, 9.17) is 20.9 Å². The van der Waals surface area contributed by atoms with Crippen molar-refractivity contribution in [3.63, 3.8) is 0 Å². The third-order valence-electron chi connectivity index (χ3n) is 3.79. The molecule has 0 amide bonds. The van der Waals surface area contributed by atoms with Crippen molar-refractivity contribution in [2.45, 2.75) is 30.4 Å². The van der Waals surface area contributed by atoms with Crippen LogP contribution >= 0.6 is 11.6 Å². The van der Waals surface area contributed by atoms with Gasteiger partial charge in [-0.1, -0.05) is 16.8 Å². The van der Waals surface area contributed by atoms with Crippen LogP contribution in [0.2, 0.25) is 5.02 Å². The Labute approximate surface area is 144 Å². The van der Waals surface area contributed by atoms with E-state index in [1.807, 2.05) is 0 Å². The first kappa shape index (κ1) is 17.2. The third-order valence-corrected chi connectivity index (χ3v) is 6.14. The van der Waals surface area contributed by atoms with Gasteiger partial charge in [-0.3, -0.25) is 0 Å². The molecule has 3 rings (SSSR count). The van der Waals surface area contributed by atoms with E-state index >= 15 is 0 Å². The first-order chi connectivity index (χ1) is 11.3. The van der Waals surface area contributed by atoms with E-state index in [0.717, 1.165) is 4.31 Å². The fourth-order valence-corrected chi connectivity index (χ4v) is 4.78. The number of β-amino-alcohol motifs (C(OH)–C–C–N with tert-alkyl or cyclic N) is 1. The number of hydrogen-bond acceptors (Lipinski definition) is 7. The Kier molecular flexibility index (Phi) is 4.52. The molecule has 1 aliphatic rings. The monoisotopic (exact) mass is 373 g/mol. The van der Waals surface area contributed by atoms with Crippen LogP contribution in [0.15, 0.2) is 27.6 Å². The number of aromatic nitrogens is 2. The predicted molar refractivity (Wildman–Crippen MR) is 84.3 cm³/mol. The number of aryl methyl sites for hydroxylation is 1. The average molecular weight is 374 g/mol. The number of benzene rings is 1. The molecule has 0 bridgehead atoms. The topological polar surface area (TPSA) is 106 Å². The van der Waals surface area contributed by atoms with Crippen molar-refractivity contribution < 1.29 is 22.8 Å². The van der Waals surface area contributed by atoms with Crippen LogP contribution in [-0.2, 0) is 10.0 Å². The van der Waals surface area contributed by atoms with Gasteiger partial charge in [-0.2, -0.15) is 9.29 Å². The molecule has 0 radical (unpaired) electrons. The summed E-state index contributed by atoms with van der Waals surface area (Å²) < 4.78 is 37.4. The quantitative estimate of drug-likeness (QED) is 0.866. The minimum Gasteiger partial charge on any atom is -0.497 e. The van der Waals surface area contributed by atoms with Crippen LogP contribution in [0.5, 0.6) is 5.75 Å². The Morgan fingerprint density at radius 1 is 1.46 bits per heavy atom. The number of nitrogens with zero attached hydrogens (tertiary/aromatic N) is 3. The molecule has 1 aliphatic heterocycles. The number of ether oxygens (including phenoxy) is 1. The van der Waals surface area contributed by atoms with Gasteiger partial charge in [0.2, 0.25) is 15.9 Å². The number of rotatable bonds is 4. The maximum absolute atomic E-state index is 13.0. The Hall–Kier alpha value is -1.68. The Balaban J connectivity index is 2.04. The molecule has 24 heavy (non-hydrogen) atoms. The molecule has 0 aliphatic carbocycles. The molecule has 1 saturated heterocycles. The van der Waals surface area contributed by atoms with Crippen molar-refractivity contribution in [1.82, 2.24) is 14.4 Å². The molecule has 1 aromatic carbocycles. The Morgan fingerprint density at radius 3 is 2.83 bits per heavy atom. The van der Waals surface area contributed by atoms with Crippen molar-refractivity contribution in [1.29, 1.82) is 0 Å². The standard InChI is InChI=1S/C14H16ClN3O5S/c1-8-16-14(23-17-8)12-5-9(19)7-18(12)24(20,21)13-6-10(22-2)3-4-11(13)15/h3-4,6,9,12,19H,5,7H2,1-2H3/t9-,12+/m0/s1. The van der Waals surface area contributed by atoms with Gasteiger partial charge in [0.15, 0.2) is 5.82 Å². The second-order valence-corrected chi connectivity index (χ2v) is 7.72. The summed E-state index contributed by atoms with van der Waals surface area (Å²) in [5.41, 5.74) is 0. The van der Waals surface area contributed by atoms with Crippen LogP contribution in [0.3, 0.4) is 0 Å². The van der Waals surface area contributed by atoms with E-state index in [-0.39, 0.29) is 28.8 Å². The molecule has 130 valence electrons. The molecule has 1 aromatic heterocycles. The normalized spacial score (nSPS) is 22.0. The molecular formula is C14H16ClN3O5S. The molecule has 0 saturated carbocycles. The highest BCUT2D eigenvalue weighted by atomic mass is 35.5. The van der Waals surface area contributed by atoms with Gasteiger partial charge in [-0.15, -0.1) is 0 Å². The summed E-state index contributed by atoms with van der Waals surface area (Å²) in [6.45, 7) is 1.55. The molecule has 0 spiro atoms. The minimum atomic E-state index is -3.99. The molecule has 1 N–H and O–H groups in total. The summed E-state index contributed by atoms with van der Waals surface area (Å²) in [5.74, 6) is 0.901. The minimum absolute atomic E-state index is 0.0673. The van der Waals surface area contributed by atoms with Crippen LogP contribution in [0.25, 0.3) is 0 Å². The van der Waals surface area contributed by atoms with E-state index in [1.54, 1.807) is 13.0 Å². The highest BCUT2D eigenvalue weighted by Crippen LogP contribution is 2.38. The smallest absolute Gasteiger partial charge is 0.245 e. The summed E-state index contributed by atoms with van der Waals surface area (Å²) in [6.07, 6.45) is -0.663. The van der Waals surface area contributed by atoms with Gasteiger partial charge in [0, 0.05) is 19.0 Å². The SMILES string of the molecule is COc1ccc(Cl)c(S(=O)(=O)N2C[C@@H](O)C[C@@H]2c2nc(C)no2)c1. The Bertz CT molecular complexity index is 854. The third kappa shape index (κ3) is 3.00. The van der Waals surface area contributed by atoms with Crippen molar-refractivity contribution in [2.24, 2.45) is 0 Å². The molecule has 2 aromatic rings. The van der Waals surface area contributed by atoms with Gasteiger partial charge in [-0.05, 0) is 19.1 Å². The molecule has 8 nitrogen and oxygen atoms in total. The van der Waals surface area contributed by atoms with Crippen LogP contribution in [0.1, 0.15) is 24.2 Å². The number of sulfonamides is 1. The molecule has 10 heteroatoms. The van der Waals surface area contributed by atoms with Crippen LogP contribution < -0.4 is 4.74 Å². The second kappa shape index (κ2) is 6.32. The van der Waals surface area contributed by atoms with Gasteiger partial charge in [0.25, 0.3) is 0 Å². The lowest BCUT2D eigenvalue weighted by atomic mass is 10.2. The van der Waals surface area contributed by atoms with Crippen molar-refractivity contribution in [2.75, 3.05) is 13.7 Å². The van der Waals surface area contributed by atoms with Gasteiger partial charge in [0.1, 0.15) is 16.7 Å². The molecule has 2 heterocycles. The van der Waals surface area contributed by atoms with Crippen LogP contribution in [0.4, 0.5) is 0 Å². The zero-order valence-corrected chi connectivity index (χ0v) is 14.6. The zero-order chi connectivity index (χ0) is 17.5. The van der Waals surface area contributed by atoms with E-state index < -0.39 is 22.2 Å². The van der Waals surface area contributed by atoms with Gasteiger partial charge < -0.3 is 14.4 Å². The summed E-state index contributed by atoms with van der Waals surface area (Å²) in [6, 6.07) is 3.62. The van der Waals surface area contributed by atoms with Crippen molar-refractivity contribution in [3.8, 4) is 5.75 Å². The number of methoxy groups -OCH3 is 1. The molecule has 1 fully saturated rings. The lowest BCUT2D eigenvalue weighted by molar-refractivity contribution is 0.188. The van der Waals surface area contributed by atoms with Crippen LogP contribution in [-0.4, -0.2) is 47.7 Å². The molecule has 0 unspecified atom stereocenters. The highest BCUT2D eigenvalue weighted by Gasteiger charge is 2.44. The first-order valence-electron chi connectivity index (χ1n) is 7.16. The zero-order valence-electron chi connectivity index (χ0n) is 13.0. The van der Waals surface area contributed by atoms with Gasteiger partial charge >= 0.3 is 0 Å². The summed E-state index contributed by atoms with van der Waals surface area (Å²) >= 11 is 6.08. The summed E-state index contributed by atoms with van der Waals surface area (Å²) in [4.78, 5) is 3.99. The number of halogens is 1. The lowest BCUT2D eigenvalue weighted by Gasteiger charge is -2.22. The van der Waals surface area contributed by atoms with Gasteiger partial charge in [0.05, 0.1) is 18.2 Å². The fraction of sp³-hybridized carbons (Fsp3) is 0.429. The molecule has 2 atom stereocenters. The number of aliphatic hydroxyl groups excluding tert-OH is 1. The van der Waals surface area contributed by atoms with E-state index in [0.29, 0.717) is 11.6 Å². The van der Waals surface area contributed by atoms with Crippen molar-refractivity contribution in [3.05, 3.63) is 34.9 Å². The lowest BCUT2D eigenvalue weighted by Crippen LogP contribution is -2.32. The van der Waals surface area contributed by atoms with Crippen LogP contribution in [0, 0.1) is 6.92 Å². The number of aliphatic hydroxyl groups is 1. The van der Waals surface area contributed by atoms with E-state index in [2.05, 4.69) is 10.1 Å².